The molecule has 4 aromatic carbocycles. The molecule has 13 heteroatoms. The molecular formula is C36H32ClF2N5O4S. The minimum absolute atomic E-state index is 0. The van der Waals surface area contributed by atoms with Gasteiger partial charge in [0.15, 0.2) is 0 Å². The van der Waals surface area contributed by atoms with Gasteiger partial charge in [0.2, 0.25) is 0 Å². The molecule has 0 aliphatic heterocycles. The fourth-order valence-electron chi connectivity index (χ4n) is 5.57. The van der Waals surface area contributed by atoms with Crippen LogP contribution >= 0.6 is 23.7 Å². The van der Waals surface area contributed by atoms with Gasteiger partial charge in [0.05, 0.1) is 17.6 Å². The van der Waals surface area contributed by atoms with E-state index >= 15 is 8.78 Å². The molecule has 2 heterocycles. The lowest BCUT2D eigenvalue weighted by atomic mass is 10.1. The Bertz CT molecular complexity index is 2200. The standard InChI is InChI=1S/C36H31F2N5O4S.ClH/c1-40(20-23-10-5-3-6-11-23)21-28-31-33(44)43(26-12-7-4-8-13-26)36(46)42(22-27-29(37)14-9-15-30(27)38)34(31)48-32(28)24-16-18-25(19-17-24)39-35(45)41(2)47;/h3-19,47H,20-22H2,1-2H3,(H,39,45);1H. The number of thiophene rings is 1. The van der Waals surface area contributed by atoms with Gasteiger partial charge in [-0.1, -0.05) is 66.7 Å². The summed E-state index contributed by atoms with van der Waals surface area (Å²) >= 11 is 1.18. The topological polar surface area (TPSA) is 99.8 Å². The van der Waals surface area contributed by atoms with Crippen molar-refractivity contribution in [1.29, 1.82) is 0 Å². The van der Waals surface area contributed by atoms with Crippen LogP contribution in [0.3, 0.4) is 0 Å². The fraction of sp³-hybridized carbons (Fsp3) is 0.139. The van der Waals surface area contributed by atoms with E-state index < -0.39 is 35.5 Å². The van der Waals surface area contributed by atoms with E-state index in [0.717, 1.165) is 22.3 Å². The SMILES string of the molecule is CN(Cc1ccccc1)Cc1c(-c2ccc(NC(=O)N(C)O)cc2)sc2c1c(=O)n(-c1ccccc1)c(=O)n2Cc1c(F)cccc1F.Cl. The molecule has 0 unspecified atom stereocenters. The van der Waals surface area contributed by atoms with Gasteiger partial charge in [-0.2, -0.15) is 0 Å². The first-order valence-electron chi connectivity index (χ1n) is 15.0. The summed E-state index contributed by atoms with van der Waals surface area (Å²) in [5.74, 6) is -1.61. The second-order valence-corrected chi connectivity index (χ2v) is 12.3. The molecule has 0 radical (unpaired) electrons. The number of amides is 2. The molecule has 9 nitrogen and oxygen atoms in total. The Morgan fingerprint density at radius 2 is 1.43 bits per heavy atom. The molecule has 6 rings (SSSR count). The summed E-state index contributed by atoms with van der Waals surface area (Å²) in [6.07, 6.45) is 0. The zero-order valence-electron chi connectivity index (χ0n) is 26.5. The second kappa shape index (κ2) is 15.0. The van der Waals surface area contributed by atoms with Gasteiger partial charge in [-0.3, -0.25) is 19.5 Å². The van der Waals surface area contributed by atoms with E-state index in [-0.39, 0.29) is 28.2 Å². The van der Waals surface area contributed by atoms with Crippen molar-refractivity contribution in [3.05, 3.63) is 152 Å². The van der Waals surface area contributed by atoms with Crippen LogP contribution in [0.25, 0.3) is 26.3 Å². The lowest BCUT2D eigenvalue weighted by Crippen LogP contribution is -2.39. The summed E-state index contributed by atoms with van der Waals surface area (Å²) in [5, 5.41) is 12.7. The highest BCUT2D eigenvalue weighted by Crippen LogP contribution is 2.39. The van der Waals surface area contributed by atoms with Gasteiger partial charge in [-0.05, 0) is 60.1 Å². The Balaban J connectivity index is 0.00000468. The van der Waals surface area contributed by atoms with Gasteiger partial charge in [0, 0.05) is 36.3 Å². The Kier molecular flexibility index (Phi) is 10.7. The van der Waals surface area contributed by atoms with Crippen LogP contribution in [0.15, 0.2) is 113 Å². The highest BCUT2D eigenvalue weighted by molar-refractivity contribution is 7.22. The van der Waals surface area contributed by atoms with Gasteiger partial charge in [0.1, 0.15) is 16.5 Å². The highest BCUT2D eigenvalue weighted by Gasteiger charge is 2.25. The van der Waals surface area contributed by atoms with Crippen LogP contribution in [-0.4, -0.2) is 44.4 Å². The quantitative estimate of drug-likeness (QED) is 0.124. The van der Waals surface area contributed by atoms with E-state index in [1.165, 1.54) is 29.0 Å². The summed E-state index contributed by atoms with van der Waals surface area (Å²) < 4.78 is 32.3. The van der Waals surface area contributed by atoms with Crippen LogP contribution < -0.4 is 16.6 Å². The molecule has 49 heavy (non-hydrogen) atoms. The van der Waals surface area contributed by atoms with Crippen molar-refractivity contribution in [2.45, 2.75) is 19.6 Å². The van der Waals surface area contributed by atoms with Gasteiger partial charge in [0.25, 0.3) is 5.56 Å². The van der Waals surface area contributed by atoms with Crippen molar-refractivity contribution in [3.8, 4) is 16.1 Å². The van der Waals surface area contributed by atoms with Crippen LogP contribution in [0.5, 0.6) is 0 Å². The molecular weight excluding hydrogens is 672 g/mol. The third-order valence-electron chi connectivity index (χ3n) is 7.88. The lowest BCUT2D eigenvalue weighted by molar-refractivity contribution is -0.0118. The second-order valence-electron chi connectivity index (χ2n) is 11.3. The van der Waals surface area contributed by atoms with Crippen molar-refractivity contribution < 1.29 is 18.8 Å². The fourth-order valence-corrected chi connectivity index (χ4v) is 6.87. The molecule has 0 saturated carbocycles. The first kappa shape index (κ1) is 35.2. The number of anilines is 1. The minimum Gasteiger partial charge on any atom is -0.306 e. The van der Waals surface area contributed by atoms with Crippen LogP contribution in [0, 0.1) is 11.6 Å². The number of para-hydroxylation sites is 1. The number of carbonyl (C=O) groups excluding carboxylic acids is 1. The molecule has 0 spiro atoms. The summed E-state index contributed by atoms with van der Waals surface area (Å²) in [7, 11) is 3.12. The third kappa shape index (κ3) is 7.32. The molecule has 0 fully saturated rings. The average Bonchev–Trinajstić information content (AvgIpc) is 3.44. The number of hydrogen-bond donors (Lipinski definition) is 2. The molecule has 6 aromatic rings. The van der Waals surface area contributed by atoms with E-state index in [4.69, 9.17) is 0 Å². The predicted octanol–water partition coefficient (Wildman–Crippen LogP) is 7.11. The molecule has 2 N–H and O–H groups in total. The van der Waals surface area contributed by atoms with Crippen molar-refractivity contribution in [3.63, 3.8) is 0 Å². The number of benzene rings is 4. The van der Waals surface area contributed by atoms with Gasteiger partial charge in [-0.15, -0.1) is 23.7 Å². The van der Waals surface area contributed by atoms with Crippen LogP contribution in [-0.2, 0) is 19.6 Å². The minimum atomic E-state index is -0.807. The number of urea groups is 1. The largest absolute Gasteiger partial charge is 0.345 e. The molecule has 2 amide bonds. The van der Waals surface area contributed by atoms with Gasteiger partial charge in [-0.25, -0.2) is 28.0 Å². The number of nitrogens with one attached hydrogen (secondary N) is 1. The number of nitrogens with zero attached hydrogens (tertiary/aromatic N) is 4. The maximum atomic E-state index is 15.0. The number of aromatic nitrogens is 2. The number of carbonyl (C=O) groups is 1. The number of halogens is 3. The molecule has 0 bridgehead atoms. The van der Waals surface area contributed by atoms with Crippen molar-refractivity contribution in [2.75, 3.05) is 19.4 Å². The zero-order chi connectivity index (χ0) is 33.9. The molecule has 0 aliphatic rings. The number of rotatable bonds is 9. The molecule has 252 valence electrons. The zero-order valence-corrected chi connectivity index (χ0v) is 28.1. The van der Waals surface area contributed by atoms with Gasteiger partial charge < -0.3 is 5.32 Å². The van der Waals surface area contributed by atoms with E-state index in [2.05, 4.69) is 5.32 Å². The molecule has 0 aliphatic carbocycles. The van der Waals surface area contributed by atoms with E-state index in [0.29, 0.717) is 45.5 Å². The summed E-state index contributed by atoms with van der Waals surface area (Å²) in [4.78, 5) is 43.6. The smallest absolute Gasteiger partial charge is 0.306 e. The Labute approximate surface area is 290 Å². The van der Waals surface area contributed by atoms with Crippen molar-refractivity contribution in [2.24, 2.45) is 0 Å². The average molecular weight is 704 g/mol. The first-order chi connectivity index (χ1) is 23.1. The molecule has 0 saturated heterocycles. The third-order valence-corrected chi connectivity index (χ3v) is 9.18. The summed E-state index contributed by atoms with van der Waals surface area (Å²) in [6.45, 7) is 0.415. The molecule has 2 aromatic heterocycles. The molecule has 0 atom stereocenters. The maximum Gasteiger partial charge on any atom is 0.345 e. The first-order valence-corrected chi connectivity index (χ1v) is 15.8. The Hall–Kier alpha value is -5.14. The normalized spacial score (nSPS) is 11.1. The summed E-state index contributed by atoms with van der Waals surface area (Å²) in [5.41, 5.74) is 1.55. The van der Waals surface area contributed by atoms with Crippen LogP contribution in [0.1, 0.15) is 16.7 Å². The van der Waals surface area contributed by atoms with Gasteiger partial charge >= 0.3 is 11.7 Å². The monoisotopic (exact) mass is 703 g/mol. The predicted molar refractivity (Wildman–Crippen MR) is 190 cm³/mol. The Morgan fingerprint density at radius 3 is 2.04 bits per heavy atom. The number of fused-ring (bicyclic) bond motifs is 1. The van der Waals surface area contributed by atoms with Crippen molar-refractivity contribution >= 4 is 45.7 Å². The van der Waals surface area contributed by atoms with Crippen molar-refractivity contribution in [1.82, 2.24) is 19.1 Å². The van der Waals surface area contributed by atoms with Crippen LogP contribution in [0.4, 0.5) is 19.3 Å². The maximum absolute atomic E-state index is 15.0. The summed E-state index contributed by atoms with van der Waals surface area (Å²) in [6, 6.07) is 27.9. The van der Waals surface area contributed by atoms with Crippen LogP contribution in [0.2, 0.25) is 0 Å². The Morgan fingerprint density at radius 1 is 0.816 bits per heavy atom. The van der Waals surface area contributed by atoms with E-state index in [9.17, 15) is 19.6 Å². The number of hydroxylamine groups is 2. The lowest BCUT2D eigenvalue weighted by Gasteiger charge is -2.18. The van der Waals surface area contributed by atoms with E-state index in [1.54, 1.807) is 54.6 Å². The highest BCUT2D eigenvalue weighted by atomic mass is 35.5. The number of hydrogen-bond acceptors (Lipinski definition) is 6. The van der Waals surface area contributed by atoms with E-state index in [1.807, 2.05) is 42.3 Å².